The van der Waals surface area contributed by atoms with Crippen LogP contribution in [0.2, 0.25) is 0 Å². The first-order valence-electron chi connectivity index (χ1n) is 7.39. The predicted molar refractivity (Wildman–Crippen MR) is 77.8 cm³/mol. The second kappa shape index (κ2) is 9.79. The Morgan fingerprint density at radius 1 is 1.05 bits per heavy atom. The van der Waals surface area contributed by atoms with Crippen LogP contribution in [0.5, 0.6) is 5.75 Å². The van der Waals surface area contributed by atoms with Crippen LogP contribution in [0.25, 0.3) is 0 Å². The number of hydrogen-bond acceptors (Lipinski definition) is 2. The molecule has 19 heavy (non-hydrogen) atoms. The molecule has 0 amide bonds. The van der Waals surface area contributed by atoms with Crippen LogP contribution >= 0.6 is 0 Å². The highest BCUT2D eigenvalue weighted by molar-refractivity contribution is 5.34. The lowest BCUT2D eigenvalue weighted by Crippen LogP contribution is -2.05. The predicted octanol–water partition coefficient (Wildman–Crippen LogP) is 4.41. The minimum Gasteiger partial charge on any atom is -0.490 e. The molecule has 3 heteroatoms. The van der Waals surface area contributed by atoms with Gasteiger partial charge in [-0.25, -0.2) is 4.39 Å². The molecule has 0 aliphatic rings. The van der Waals surface area contributed by atoms with Crippen molar-refractivity contribution in [1.29, 1.82) is 0 Å². The molecule has 1 aromatic rings. The van der Waals surface area contributed by atoms with Crippen LogP contribution in [0.15, 0.2) is 18.2 Å². The van der Waals surface area contributed by atoms with Gasteiger partial charge in [-0.05, 0) is 12.5 Å². The summed E-state index contributed by atoms with van der Waals surface area (Å²) >= 11 is 0. The van der Waals surface area contributed by atoms with Crippen molar-refractivity contribution < 1.29 is 9.13 Å². The highest BCUT2D eigenvalue weighted by Gasteiger charge is 2.07. The van der Waals surface area contributed by atoms with Gasteiger partial charge in [0, 0.05) is 12.1 Å². The summed E-state index contributed by atoms with van der Waals surface area (Å²) in [7, 11) is 0. The van der Waals surface area contributed by atoms with Crippen molar-refractivity contribution in [3.05, 3.63) is 29.6 Å². The zero-order chi connectivity index (χ0) is 13.9. The maximum Gasteiger partial charge on any atom is 0.165 e. The Bertz CT molecular complexity index is 355. The van der Waals surface area contributed by atoms with E-state index in [2.05, 4.69) is 6.92 Å². The average molecular weight is 267 g/mol. The molecular weight excluding hydrogens is 241 g/mol. The van der Waals surface area contributed by atoms with E-state index in [-0.39, 0.29) is 5.82 Å². The number of halogens is 1. The lowest BCUT2D eigenvalue weighted by Gasteiger charge is -2.11. The summed E-state index contributed by atoms with van der Waals surface area (Å²) < 4.78 is 19.1. The molecule has 0 aliphatic carbocycles. The van der Waals surface area contributed by atoms with Gasteiger partial charge >= 0.3 is 0 Å². The fraction of sp³-hybridized carbons (Fsp3) is 0.625. The highest BCUT2D eigenvalue weighted by atomic mass is 19.1. The fourth-order valence-corrected chi connectivity index (χ4v) is 2.11. The van der Waals surface area contributed by atoms with E-state index in [0.717, 1.165) is 18.4 Å². The quantitative estimate of drug-likeness (QED) is 0.637. The largest absolute Gasteiger partial charge is 0.490 e. The second-order valence-electron chi connectivity index (χ2n) is 4.90. The molecule has 0 saturated heterocycles. The second-order valence-corrected chi connectivity index (χ2v) is 4.90. The number of rotatable bonds is 10. The van der Waals surface area contributed by atoms with E-state index in [9.17, 15) is 4.39 Å². The summed E-state index contributed by atoms with van der Waals surface area (Å²) in [6.45, 7) is 3.10. The van der Waals surface area contributed by atoms with E-state index in [1.807, 2.05) is 6.07 Å². The van der Waals surface area contributed by atoms with Gasteiger partial charge in [0.15, 0.2) is 11.6 Å². The normalized spacial score (nSPS) is 10.7. The van der Waals surface area contributed by atoms with Gasteiger partial charge in [0.25, 0.3) is 0 Å². The van der Waals surface area contributed by atoms with E-state index in [1.54, 1.807) is 6.07 Å². The molecule has 2 nitrogen and oxygen atoms in total. The molecule has 0 heterocycles. The number of para-hydroxylation sites is 1. The zero-order valence-corrected chi connectivity index (χ0v) is 12.0. The molecule has 0 unspecified atom stereocenters. The van der Waals surface area contributed by atoms with E-state index in [4.69, 9.17) is 10.5 Å². The topological polar surface area (TPSA) is 35.2 Å². The molecule has 0 aromatic heterocycles. The SMILES string of the molecule is CCCCCCCCCOc1c(F)cccc1CN. The smallest absolute Gasteiger partial charge is 0.165 e. The van der Waals surface area contributed by atoms with E-state index >= 15 is 0 Å². The molecule has 1 rings (SSSR count). The third kappa shape index (κ3) is 6.06. The van der Waals surface area contributed by atoms with Gasteiger partial charge in [-0.1, -0.05) is 57.6 Å². The molecule has 0 bridgehead atoms. The molecule has 1 aromatic carbocycles. The molecule has 108 valence electrons. The maximum absolute atomic E-state index is 13.6. The molecular formula is C16H26FNO. The Hall–Kier alpha value is -1.09. The number of nitrogens with two attached hydrogens (primary N) is 1. The van der Waals surface area contributed by atoms with Crippen molar-refractivity contribution in [3.63, 3.8) is 0 Å². The van der Waals surface area contributed by atoms with Gasteiger partial charge in [-0.3, -0.25) is 0 Å². The van der Waals surface area contributed by atoms with Crippen LogP contribution < -0.4 is 10.5 Å². The Kier molecular flexibility index (Phi) is 8.23. The number of benzene rings is 1. The van der Waals surface area contributed by atoms with E-state index in [1.165, 1.54) is 38.2 Å². The fourth-order valence-electron chi connectivity index (χ4n) is 2.11. The highest BCUT2D eigenvalue weighted by Crippen LogP contribution is 2.22. The van der Waals surface area contributed by atoms with Gasteiger partial charge in [0.2, 0.25) is 0 Å². The van der Waals surface area contributed by atoms with Crippen molar-refractivity contribution >= 4 is 0 Å². The summed E-state index contributed by atoms with van der Waals surface area (Å²) in [6.07, 6.45) is 8.58. The molecule has 0 radical (unpaired) electrons. The van der Waals surface area contributed by atoms with Gasteiger partial charge < -0.3 is 10.5 Å². The zero-order valence-electron chi connectivity index (χ0n) is 12.0. The number of hydrogen-bond donors (Lipinski definition) is 1. The van der Waals surface area contributed by atoms with Crippen molar-refractivity contribution in [2.75, 3.05) is 6.61 Å². The lowest BCUT2D eigenvalue weighted by atomic mass is 10.1. The van der Waals surface area contributed by atoms with E-state index < -0.39 is 0 Å². The monoisotopic (exact) mass is 267 g/mol. The van der Waals surface area contributed by atoms with Gasteiger partial charge in [-0.2, -0.15) is 0 Å². The lowest BCUT2D eigenvalue weighted by molar-refractivity contribution is 0.287. The molecule has 0 fully saturated rings. The first-order chi connectivity index (χ1) is 9.29. The Morgan fingerprint density at radius 3 is 2.42 bits per heavy atom. The molecule has 0 spiro atoms. The minimum atomic E-state index is -0.314. The Morgan fingerprint density at radius 2 is 1.74 bits per heavy atom. The molecule has 0 aliphatic heterocycles. The summed E-state index contributed by atoms with van der Waals surface area (Å²) in [6, 6.07) is 4.89. The molecule has 0 atom stereocenters. The molecule has 0 saturated carbocycles. The number of ether oxygens (including phenoxy) is 1. The molecule has 2 N–H and O–H groups in total. The van der Waals surface area contributed by atoms with Crippen molar-refractivity contribution in [2.24, 2.45) is 5.73 Å². The van der Waals surface area contributed by atoms with Crippen LogP contribution in [0.3, 0.4) is 0 Å². The van der Waals surface area contributed by atoms with Crippen molar-refractivity contribution in [2.45, 2.75) is 58.4 Å². The van der Waals surface area contributed by atoms with Gasteiger partial charge in [0.05, 0.1) is 6.61 Å². The third-order valence-corrected chi connectivity index (χ3v) is 3.26. The van der Waals surface area contributed by atoms with Crippen molar-refractivity contribution in [1.82, 2.24) is 0 Å². The Balaban J connectivity index is 2.19. The summed E-state index contributed by atoms with van der Waals surface area (Å²) in [5.74, 6) is 0.0156. The maximum atomic E-state index is 13.6. The standard InChI is InChI=1S/C16H26FNO/c1-2-3-4-5-6-7-8-12-19-16-14(13-18)10-9-11-15(16)17/h9-11H,2-8,12-13,18H2,1H3. The minimum absolute atomic E-state index is 0.310. The van der Waals surface area contributed by atoms with Crippen LogP contribution in [-0.4, -0.2) is 6.61 Å². The summed E-state index contributed by atoms with van der Waals surface area (Å²) in [4.78, 5) is 0. The summed E-state index contributed by atoms with van der Waals surface area (Å²) in [5.41, 5.74) is 6.31. The Labute approximate surface area is 116 Å². The number of unbranched alkanes of at least 4 members (excludes halogenated alkanes) is 6. The third-order valence-electron chi connectivity index (χ3n) is 3.26. The first-order valence-corrected chi connectivity index (χ1v) is 7.39. The van der Waals surface area contributed by atoms with Crippen molar-refractivity contribution in [3.8, 4) is 5.75 Å². The van der Waals surface area contributed by atoms with Crippen LogP contribution in [0, 0.1) is 5.82 Å². The first kappa shape index (κ1) is 16.0. The van der Waals surface area contributed by atoms with E-state index in [0.29, 0.717) is 18.9 Å². The van der Waals surface area contributed by atoms with Crippen LogP contribution in [0.4, 0.5) is 4.39 Å². The van der Waals surface area contributed by atoms with Crippen LogP contribution in [0.1, 0.15) is 57.4 Å². The van der Waals surface area contributed by atoms with Crippen LogP contribution in [-0.2, 0) is 6.54 Å². The summed E-state index contributed by atoms with van der Waals surface area (Å²) in [5, 5.41) is 0. The van der Waals surface area contributed by atoms with Gasteiger partial charge in [-0.15, -0.1) is 0 Å². The van der Waals surface area contributed by atoms with Gasteiger partial charge in [0.1, 0.15) is 0 Å². The average Bonchev–Trinajstić information content (AvgIpc) is 2.43.